The fourth-order valence-electron chi connectivity index (χ4n) is 3.92. The molecule has 1 saturated heterocycles. The molecule has 12 heteroatoms. The molecule has 2 aliphatic heterocycles. The van der Waals surface area contributed by atoms with Gasteiger partial charge >= 0.3 is 0 Å². The summed E-state index contributed by atoms with van der Waals surface area (Å²) in [6, 6.07) is 14.5. The minimum absolute atomic E-state index is 0.00140. The van der Waals surface area contributed by atoms with Crippen LogP contribution in [-0.4, -0.2) is 34.4 Å². The summed E-state index contributed by atoms with van der Waals surface area (Å²) in [5, 5.41) is 10.8. The lowest BCUT2D eigenvalue weighted by Gasteiger charge is -2.14. The van der Waals surface area contributed by atoms with E-state index in [1.807, 2.05) is 6.92 Å². The van der Waals surface area contributed by atoms with Crippen molar-refractivity contribution in [2.75, 3.05) is 13.4 Å². The van der Waals surface area contributed by atoms with Gasteiger partial charge in [0.1, 0.15) is 6.61 Å². The molecule has 0 aromatic heterocycles. The fraction of sp³-hybridized carbons (Fsp3) is 0.185. The molecule has 0 radical (unpaired) electrons. The highest BCUT2D eigenvalue weighted by molar-refractivity contribution is 8.18. The quantitative estimate of drug-likeness (QED) is 0.169. The maximum atomic E-state index is 13.1. The van der Waals surface area contributed by atoms with Crippen LogP contribution in [0, 0.1) is 10.1 Å². The Morgan fingerprint density at radius 1 is 1.05 bits per heavy atom. The highest BCUT2D eigenvalue weighted by Crippen LogP contribution is 2.40. The number of nitro groups is 1. The van der Waals surface area contributed by atoms with Crippen LogP contribution in [0.25, 0.3) is 6.08 Å². The number of carbonyl (C=O) groups excluding carboxylic acids is 2. The summed E-state index contributed by atoms with van der Waals surface area (Å²) >= 11 is 7.18. The number of fused-ring (bicyclic) bond motifs is 1. The van der Waals surface area contributed by atoms with Gasteiger partial charge in [-0.05, 0) is 71.8 Å². The molecule has 200 valence electrons. The monoisotopic (exact) mass is 568 g/mol. The molecule has 0 N–H and O–H groups in total. The minimum Gasteiger partial charge on any atom is -0.490 e. The second-order valence-electron chi connectivity index (χ2n) is 8.42. The van der Waals surface area contributed by atoms with Crippen LogP contribution < -0.4 is 18.9 Å². The van der Waals surface area contributed by atoms with Gasteiger partial charge in [-0.2, -0.15) is 0 Å². The number of amides is 2. The molecule has 0 aliphatic carbocycles. The van der Waals surface area contributed by atoms with Gasteiger partial charge in [0.25, 0.3) is 16.8 Å². The maximum Gasteiger partial charge on any atom is 0.293 e. The second kappa shape index (κ2) is 11.3. The molecule has 1 fully saturated rings. The molecule has 3 aromatic rings. The zero-order chi connectivity index (χ0) is 27.5. The second-order valence-corrected chi connectivity index (χ2v) is 9.82. The van der Waals surface area contributed by atoms with Crippen molar-refractivity contribution in [2.45, 2.75) is 20.1 Å². The number of hydrogen-bond acceptors (Lipinski definition) is 9. The number of non-ortho nitro benzene ring substituents is 1. The van der Waals surface area contributed by atoms with Gasteiger partial charge in [-0.25, -0.2) is 0 Å². The molecule has 2 heterocycles. The van der Waals surface area contributed by atoms with Crippen molar-refractivity contribution in [3.63, 3.8) is 0 Å². The van der Waals surface area contributed by atoms with Gasteiger partial charge in [0, 0.05) is 23.2 Å². The summed E-state index contributed by atoms with van der Waals surface area (Å²) < 4.78 is 22.3. The number of ether oxygens (including phenoxy) is 4. The summed E-state index contributed by atoms with van der Waals surface area (Å²) in [6.07, 6.45) is 1.62. The first-order valence-corrected chi connectivity index (χ1v) is 13.0. The van der Waals surface area contributed by atoms with Gasteiger partial charge in [-0.15, -0.1) is 0 Å². The molecular weight excluding hydrogens is 548 g/mol. The predicted molar refractivity (Wildman–Crippen MR) is 144 cm³/mol. The number of hydrogen-bond donors (Lipinski definition) is 0. The zero-order valence-corrected chi connectivity index (χ0v) is 22.1. The van der Waals surface area contributed by atoms with Crippen molar-refractivity contribution in [1.82, 2.24) is 4.90 Å². The smallest absolute Gasteiger partial charge is 0.293 e. The first-order valence-electron chi connectivity index (χ1n) is 11.8. The lowest BCUT2D eigenvalue weighted by molar-refractivity contribution is -0.384. The van der Waals surface area contributed by atoms with Crippen LogP contribution in [0.3, 0.4) is 0 Å². The van der Waals surface area contributed by atoms with Gasteiger partial charge in [0.05, 0.1) is 23.0 Å². The summed E-state index contributed by atoms with van der Waals surface area (Å²) in [5.41, 5.74) is 1.97. The standard InChI is InChI=1S/C27H21ClN2O8S/c1-2-35-22-9-17(5-8-21(22)36-14-16-3-6-19(7-4-16)30(33)34)10-25-26(31)29(27(32)39-25)13-18-11-23-24(12-20(18)28)38-15-37-23/h3-12H,2,13-15H2,1H3/b25-10-. The summed E-state index contributed by atoms with van der Waals surface area (Å²) in [6.45, 7) is 2.48. The van der Waals surface area contributed by atoms with E-state index in [1.165, 1.54) is 12.1 Å². The van der Waals surface area contributed by atoms with E-state index in [1.54, 1.807) is 48.5 Å². The number of thioether (sulfide) groups is 1. The Hall–Kier alpha value is -4.22. The van der Waals surface area contributed by atoms with E-state index < -0.39 is 16.1 Å². The largest absolute Gasteiger partial charge is 0.490 e. The lowest BCUT2D eigenvalue weighted by atomic mass is 10.1. The first kappa shape index (κ1) is 26.4. The molecule has 2 aliphatic rings. The van der Waals surface area contributed by atoms with Crippen LogP contribution in [0.2, 0.25) is 5.02 Å². The number of carbonyl (C=O) groups is 2. The summed E-state index contributed by atoms with van der Waals surface area (Å²) in [5.74, 6) is 1.52. The zero-order valence-electron chi connectivity index (χ0n) is 20.5. The van der Waals surface area contributed by atoms with Crippen LogP contribution >= 0.6 is 23.4 Å². The average Bonchev–Trinajstić information content (AvgIpc) is 3.47. The molecule has 10 nitrogen and oxygen atoms in total. The van der Waals surface area contributed by atoms with Gasteiger partial charge in [-0.3, -0.25) is 24.6 Å². The molecule has 5 rings (SSSR count). The Balaban J connectivity index is 1.30. The average molecular weight is 569 g/mol. The Bertz CT molecular complexity index is 1490. The van der Waals surface area contributed by atoms with Crippen LogP contribution in [0.4, 0.5) is 10.5 Å². The van der Waals surface area contributed by atoms with Gasteiger partial charge in [0.15, 0.2) is 23.0 Å². The molecule has 0 unspecified atom stereocenters. The predicted octanol–water partition coefficient (Wildman–Crippen LogP) is 6.19. The number of imide groups is 1. The number of nitrogens with zero attached hydrogens (tertiary/aromatic N) is 2. The third kappa shape index (κ3) is 5.79. The Labute approximate surface area is 232 Å². The van der Waals surface area contributed by atoms with Crippen LogP contribution in [0.15, 0.2) is 59.5 Å². The third-order valence-corrected chi connectivity index (χ3v) is 7.11. The third-order valence-electron chi connectivity index (χ3n) is 5.85. The topological polar surface area (TPSA) is 117 Å². The highest BCUT2D eigenvalue weighted by atomic mass is 35.5. The van der Waals surface area contributed by atoms with E-state index >= 15 is 0 Å². The molecule has 0 atom stereocenters. The Morgan fingerprint density at radius 2 is 1.79 bits per heavy atom. The molecule has 3 aromatic carbocycles. The number of rotatable bonds is 9. The number of benzene rings is 3. The lowest BCUT2D eigenvalue weighted by Crippen LogP contribution is -2.27. The number of nitro benzene ring substituents is 1. The van der Waals surface area contributed by atoms with Gasteiger partial charge < -0.3 is 18.9 Å². The van der Waals surface area contributed by atoms with E-state index in [4.69, 9.17) is 30.5 Å². The van der Waals surface area contributed by atoms with Crippen molar-refractivity contribution < 1.29 is 33.5 Å². The van der Waals surface area contributed by atoms with Crippen molar-refractivity contribution in [3.8, 4) is 23.0 Å². The van der Waals surface area contributed by atoms with Crippen LogP contribution in [0.5, 0.6) is 23.0 Å². The van der Waals surface area contributed by atoms with Crippen molar-refractivity contribution in [3.05, 3.63) is 91.3 Å². The maximum absolute atomic E-state index is 13.1. The Morgan fingerprint density at radius 3 is 2.51 bits per heavy atom. The van der Waals surface area contributed by atoms with Gasteiger partial charge in [-0.1, -0.05) is 17.7 Å². The SMILES string of the molecule is CCOc1cc(/C=C2\SC(=O)N(Cc3cc4c(cc3Cl)OCO4)C2=O)ccc1OCc1ccc([N+](=O)[O-])cc1. The van der Waals surface area contributed by atoms with Crippen LogP contribution in [-0.2, 0) is 17.9 Å². The molecule has 2 amide bonds. The van der Waals surface area contributed by atoms with E-state index in [-0.39, 0.29) is 30.5 Å². The first-order chi connectivity index (χ1) is 18.8. The van der Waals surface area contributed by atoms with Crippen molar-refractivity contribution >= 4 is 46.3 Å². The molecule has 0 saturated carbocycles. The van der Waals surface area contributed by atoms with Crippen LogP contribution in [0.1, 0.15) is 23.6 Å². The van der Waals surface area contributed by atoms with Gasteiger partial charge in [0.2, 0.25) is 6.79 Å². The van der Waals surface area contributed by atoms with Crippen molar-refractivity contribution in [2.24, 2.45) is 0 Å². The molecular formula is C27H21ClN2O8S. The van der Waals surface area contributed by atoms with E-state index in [0.29, 0.717) is 45.8 Å². The summed E-state index contributed by atoms with van der Waals surface area (Å²) in [7, 11) is 0. The highest BCUT2D eigenvalue weighted by Gasteiger charge is 2.35. The fourth-order valence-corrected chi connectivity index (χ4v) is 4.97. The molecule has 0 bridgehead atoms. The van der Waals surface area contributed by atoms with E-state index in [0.717, 1.165) is 22.2 Å². The minimum atomic E-state index is -0.461. The van der Waals surface area contributed by atoms with E-state index in [2.05, 4.69) is 0 Å². The van der Waals surface area contributed by atoms with Crippen molar-refractivity contribution in [1.29, 1.82) is 0 Å². The normalized spacial score (nSPS) is 15.2. The Kier molecular flexibility index (Phi) is 7.62. The summed E-state index contributed by atoms with van der Waals surface area (Å²) in [4.78, 5) is 37.6. The molecule has 0 spiro atoms. The number of halogens is 1. The molecule has 39 heavy (non-hydrogen) atoms. The van der Waals surface area contributed by atoms with E-state index in [9.17, 15) is 19.7 Å².